The molecule has 0 saturated carbocycles. The highest BCUT2D eigenvalue weighted by Gasteiger charge is 2.24. The van der Waals surface area contributed by atoms with Gasteiger partial charge in [0, 0.05) is 15.7 Å². The predicted molar refractivity (Wildman–Crippen MR) is 150 cm³/mol. The number of nitrogens with zero attached hydrogens (tertiary/aromatic N) is 5. The number of aromatic hydroxyl groups is 1. The molecule has 0 aromatic heterocycles. The molecule has 0 aliphatic heterocycles. The van der Waals surface area contributed by atoms with Gasteiger partial charge < -0.3 is 10.2 Å². The summed E-state index contributed by atoms with van der Waals surface area (Å²) in [6.45, 7) is 0. The lowest BCUT2D eigenvalue weighted by molar-refractivity contribution is -0.432. The van der Waals surface area contributed by atoms with E-state index in [-0.39, 0.29) is 50.2 Å². The number of rotatable bonds is 12. The Morgan fingerprint density at radius 1 is 0.864 bits per heavy atom. The maximum absolute atomic E-state index is 12.0. The Balaban J connectivity index is 1.75. The maximum atomic E-state index is 12.0. The van der Waals surface area contributed by atoms with Gasteiger partial charge in [-0.3, -0.25) is 4.55 Å². The second kappa shape index (κ2) is 14.3. The molecule has 0 aliphatic rings. The van der Waals surface area contributed by atoms with Gasteiger partial charge in [-0.15, -0.1) is 18.9 Å². The van der Waals surface area contributed by atoms with Crippen molar-refractivity contribution in [2.45, 2.75) is 14.7 Å². The SMILES string of the molecule is N#Cc1ccc(S(=O)(=O)O)c2cc(SOOO)c(/N=N/c3ccc(/N=N/c4ccc(SOOO)cc4)cc3C(=O)O)c(O)c12. The fourth-order valence-electron chi connectivity index (χ4n) is 3.65. The van der Waals surface area contributed by atoms with Gasteiger partial charge in [-0.25, -0.2) is 15.3 Å². The van der Waals surface area contributed by atoms with Crippen LogP contribution in [0.1, 0.15) is 15.9 Å². The Labute approximate surface area is 254 Å². The van der Waals surface area contributed by atoms with E-state index in [1.807, 2.05) is 0 Å². The number of benzene rings is 4. The van der Waals surface area contributed by atoms with Crippen molar-refractivity contribution in [2.75, 3.05) is 0 Å². The summed E-state index contributed by atoms with van der Waals surface area (Å²) < 4.78 is 42.3. The molecule has 0 unspecified atom stereocenters. The Morgan fingerprint density at radius 3 is 2.16 bits per heavy atom. The van der Waals surface area contributed by atoms with Crippen LogP contribution in [0, 0.1) is 11.3 Å². The Kier molecular flexibility index (Phi) is 10.5. The number of nitriles is 1. The highest BCUT2D eigenvalue weighted by atomic mass is 32.2. The molecule has 226 valence electrons. The minimum Gasteiger partial charge on any atom is -0.505 e. The van der Waals surface area contributed by atoms with Crippen LogP contribution in [0.15, 0.2) is 95.8 Å². The zero-order valence-electron chi connectivity index (χ0n) is 21.3. The second-order valence-corrected chi connectivity index (χ2v) is 11.0. The van der Waals surface area contributed by atoms with Gasteiger partial charge in [0.05, 0.1) is 57.6 Å². The first-order valence-corrected chi connectivity index (χ1v) is 14.3. The lowest BCUT2D eigenvalue weighted by Crippen LogP contribution is -2.00. The van der Waals surface area contributed by atoms with Gasteiger partial charge in [-0.2, -0.15) is 23.9 Å². The number of azo groups is 2. The maximum Gasteiger partial charge on any atom is 0.338 e. The lowest BCUT2D eigenvalue weighted by Gasteiger charge is -2.12. The summed E-state index contributed by atoms with van der Waals surface area (Å²) in [6.07, 6.45) is 0. The first kappa shape index (κ1) is 32.4. The summed E-state index contributed by atoms with van der Waals surface area (Å²) in [6, 6.07) is 15.0. The van der Waals surface area contributed by atoms with Gasteiger partial charge in [0.15, 0.2) is 5.75 Å². The van der Waals surface area contributed by atoms with Crippen molar-refractivity contribution in [3.8, 4) is 11.8 Å². The molecule has 0 saturated heterocycles. The third-order valence-corrected chi connectivity index (χ3v) is 7.60. The van der Waals surface area contributed by atoms with E-state index in [1.165, 1.54) is 12.1 Å². The third-order valence-electron chi connectivity index (χ3n) is 5.47. The number of aromatic carboxylic acids is 1. The highest BCUT2D eigenvalue weighted by molar-refractivity contribution is 7.95. The van der Waals surface area contributed by atoms with Gasteiger partial charge in [0.25, 0.3) is 10.1 Å². The van der Waals surface area contributed by atoms with E-state index in [0.29, 0.717) is 10.6 Å². The lowest BCUT2D eigenvalue weighted by atomic mass is 10.0. The monoisotopic (exact) mass is 661 g/mol. The van der Waals surface area contributed by atoms with Crippen molar-refractivity contribution >= 4 is 73.7 Å². The van der Waals surface area contributed by atoms with Crippen LogP contribution in [0.5, 0.6) is 5.75 Å². The van der Waals surface area contributed by atoms with E-state index < -0.39 is 32.4 Å². The quantitative estimate of drug-likeness (QED) is 0.0335. The number of hydrogen-bond acceptors (Lipinski definition) is 17. The minimum atomic E-state index is -4.83. The second-order valence-electron chi connectivity index (χ2n) is 8.04. The summed E-state index contributed by atoms with van der Waals surface area (Å²) >= 11 is 0.995. The molecule has 5 N–H and O–H groups in total. The first-order valence-electron chi connectivity index (χ1n) is 11.4. The Bertz CT molecular complexity index is 1930. The Hall–Kier alpha value is -4.53. The van der Waals surface area contributed by atoms with Crippen LogP contribution in [0.3, 0.4) is 0 Å². The predicted octanol–water partition coefficient (Wildman–Crippen LogP) is 7.05. The topological polar surface area (TPSA) is 263 Å². The van der Waals surface area contributed by atoms with Crippen LogP contribution in [0.4, 0.5) is 22.7 Å². The summed E-state index contributed by atoms with van der Waals surface area (Å²) in [4.78, 5) is 11.7. The van der Waals surface area contributed by atoms with Gasteiger partial charge in [-0.1, -0.05) is 10.1 Å². The van der Waals surface area contributed by atoms with E-state index >= 15 is 0 Å². The summed E-state index contributed by atoms with van der Waals surface area (Å²) in [5.74, 6) is -2.19. The molecular weight excluding hydrogens is 646 g/mol. The molecule has 0 bridgehead atoms. The van der Waals surface area contributed by atoms with E-state index in [9.17, 15) is 33.2 Å². The van der Waals surface area contributed by atoms with E-state index in [4.69, 9.17) is 10.5 Å². The van der Waals surface area contributed by atoms with E-state index in [1.54, 1.807) is 30.3 Å². The molecule has 0 fully saturated rings. The van der Waals surface area contributed by atoms with Gasteiger partial charge in [0.2, 0.25) is 0 Å². The molecule has 20 heteroatoms. The molecule has 0 heterocycles. The number of phenolic OH excluding ortho intramolecular Hbond substituents is 1. The molecule has 0 radical (unpaired) electrons. The van der Waals surface area contributed by atoms with E-state index in [0.717, 1.165) is 36.3 Å². The number of carbonyl (C=O) groups is 1. The molecule has 4 aromatic carbocycles. The zero-order valence-corrected chi connectivity index (χ0v) is 23.8. The van der Waals surface area contributed by atoms with Crippen LogP contribution in [0.2, 0.25) is 0 Å². The van der Waals surface area contributed by atoms with Crippen molar-refractivity contribution in [3.63, 3.8) is 0 Å². The van der Waals surface area contributed by atoms with Crippen LogP contribution < -0.4 is 0 Å². The van der Waals surface area contributed by atoms with Crippen LogP contribution in [-0.2, 0) is 28.9 Å². The molecule has 4 aromatic rings. The zero-order chi connectivity index (χ0) is 31.9. The van der Waals surface area contributed by atoms with Crippen molar-refractivity contribution < 1.29 is 57.2 Å². The van der Waals surface area contributed by atoms with E-state index in [2.05, 4.69) is 39.2 Å². The smallest absolute Gasteiger partial charge is 0.338 e. The van der Waals surface area contributed by atoms with Crippen molar-refractivity contribution in [3.05, 3.63) is 71.8 Å². The first-order chi connectivity index (χ1) is 21.1. The molecule has 44 heavy (non-hydrogen) atoms. The fourth-order valence-corrected chi connectivity index (χ4v) is 5.17. The number of carboxylic acids is 1. The molecule has 0 aliphatic carbocycles. The molecule has 0 amide bonds. The highest BCUT2D eigenvalue weighted by Crippen LogP contribution is 2.46. The Morgan fingerprint density at radius 2 is 1.52 bits per heavy atom. The van der Waals surface area contributed by atoms with Gasteiger partial charge >= 0.3 is 5.97 Å². The summed E-state index contributed by atoms with van der Waals surface area (Å²) in [5, 5.41) is 69.5. The van der Waals surface area contributed by atoms with Crippen molar-refractivity contribution in [1.82, 2.24) is 0 Å². The number of fused-ring (bicyclic) bond motifs is 1. The van der Waals surface area contributed by atoms with Crippen LogP contribution in [-0.4, -0.2) is 39.7 Å². The van der Waals surface area contributed by atoms with Gasteiger partial charge in [0.1, 0.15) is 16.3 Å². The third kappa shape index (κ3) is 7.51. The van der Waals surface area contributed by atoms with Crippen LogP contribution in [0.25, 0.3) is 10.8 Å². The summed E-state index contributed by atoms with van der Waals surface area (Å²) in [5.41, 5.74) is -0.661. The number of hydrogen-bond donors (Lipinski definition) is 5. The number of carboxylic acid groups (broad SMARTS) is 1. The average molecular weight is 662 g/mol. The average Bonchev–Trinajstić information content (AvgIpc) is 3.00. The fraction of sp³-hybridized carbons (Fsp3) is 0. The van der Waals surface area contributed by atoms with Crippen LogP contribution >= 0.6 is 24.1 Å². The van der Waals surface area contributed by atoms with Gasteiger partial charge in [-0.05, 0) is 60.7 Å². The molecule has 0 spiro atoms. The van der Waals surface area contributed by atoms with Crippen molar-refractivity contribution in [1.29, 1.82) is 5.26 Å². The molecule has 0 atom stereocenters. The standard InChI is InChI=1S/C24H15N5O12S3/c25-11-12-1-8-20(44(35,36)37)17-10-19(43-41-39-34)22(23(30)21(12)17)29-28-18-7-4-14(9-16(18)24(31)32)27-26-13-2-5-15(6-3-13)42-40-38-33/h1-10,30,33-34H,(H,31,32)(H,35,36,37)/b27-26+,29-28+. The molecular formula is C24H15N5O12S3. The molecule has 17 nitrogen and oxygen atoms in total. The summed E-state index contributed by atoms with van der Waals surface area (Å²) in [7, 11) is -4.83. The van der Waals surface area contributed by atoms with Crippen molar-refractivity contribution in [2.24, 2.45) is 20.5 Å². The number of phenols is 1. The molecule has 4 rings (SSSR count). The normalized spacial score (nSPS) is 11.9. The largest absolute Gasteiger partial charge is 0.505 e. The minimum absolute atomic E-state index is 0.131.